The summed E-state index contributed by atoms with van der Waals surface area (Å²) in [6, 6.07) is 9.71. The van der Waals surface area contributed by atoms with Crippen molar-refractivity contribution in [2.75, 3.05) is 52.9 Å². The molecule has 1 heterocycles. The van der Waals surface area contributed by atoms with E-state index < -0.39 is 0 Å². The fraction of sp³-hybridized carbons (Fsp3) is 0.636. The zero-order valence-electron chi connectivity index (χ0n) is 17.5. The molecule has 1 aliphatic heterocycles. The number of carbonyl (C=O) groups excluding carboxylic acids is 2. The molecule has 2 fully saturated rings. The number of amides is 3. The fourth-order valence-corrected chi connectivity index (χ4v) is 4.13. The maximum atomic E-state index is 12.5. The number of rotatable bonds is 8. The third-order valence-corrected chi connectivity index (χ3v) is 6.01. The van der Waals surface area contributed by atoms with Crippen molar-refractivity contribution in [1.82, 2.24) is 25.8 Å². The lowest BCUT2D eigenvalue weighted by Gasteiger charge is -2.35. The summed E-state index contributed by atoms with van der Waals surface area (Å²) in [6.07, 6.45) is 4.88. The minimum atomic E-state index is -0.262. The molecule has 7 heteroatoms. The summed E-state index contributed by atoms with van der Waals surface area (Å²) < 4.78 is 0. The normalized spacial score (nSPS) is 19.6. The molecule has 3 amide bonds. The predicted octanol–water partition coefficient (Wildman–Crippen LogP) is 1.58. The molecule has 0 aromatic heterocycles. The lowest BCUT2D eigenvalue weighted by molar-refractivity contribution is -0.121. The highest BCUT2D eigenvalue weighted by molar-refractivity contribution is 5.84. The maximum Gasteiger partial charge on any atom is 0.315 e. The van der Waals surface area contributed by atoms with E-state index in [1.165, 1.54) is 25.7 Å². The van der Waals surface area contributed by atoms with Crippen LogP contribution in [-0.4, -0.2) is 74.6 Å². The molecule has 7 nitrogen and oxygen atoms in total. The molecule has 1 aromatic carbocycles. The molecule has 1 aliphatic carbocycles. The van der Waals surface area contributed by atoms with Crippen LogP contribution in [0.25, 0.3) is 0 Å². The molecule has 160 valence electrons. The number of hydrogen-bond acceptors (Lipinski definition) is 4. The summed E-state index contributed by atoms with van der Waals surface area (Å²) in [5, 5.41) is 8.69. The Kier molecular flexibility index (Phi) is 8.31. The molecule has 1 aromatic rings. The van der Waals surface area contributed by atoms with Crippen LogP contribution in [0.3, 0.4) is 0 Å². The van der Waals surface area contributed by atoms with Crippen molar-refractivity contribution in [2.24, 2.45) is 5.92 Å². The van der Waals surface area contributed by atoms with Crippen LogP contribution in [0.5, 0.6) is 0 Å². The molecule has 1 unspecified atom stereocenters. The predicted molar refractivity (Wildman–Crippen MR) is 115 cm³/mol. The molecular weight excluding hydrogens is 366 g/mol. The number of carbonyl (C=O) groups is 2. The Hall–Kier alpha value is -2.12. The second-order valence-electron chi connectivity index (χ2n) is 8.35. The van der Waals surface area contributed by atoms with Crippen LogP contribution in [0.4, 0.5) is 4.79 Å². The van der Waals surface area contributed by atoms with E-state index in [1.807, 2.05) is 30.3 Å². The minimum absolute atomic E-state index is 0.0113. The van der Waals surface area contributed by atoms with E-state index in [4.69, 9.17) is 0 Å². The maximum absolute atomic E-state index is 12.5. The Balaban J connectivity index is 1.46. The topological polar surface area (TPSA) is 76.7 Å². The lowest BCUT2D eigenvalue weighted by atomic mass is 10.1. The van der Waals surface area contributed by atoms with Crippen LogP contribution in [-0.2, 0) is 4.79 Å². The molecule has 0 bridgehead atoms. The quantitative estimate of drug-likeness (QED) is 0.618. The van der Waals surface area contributed by atoms with Gasteiger partial charge in [-0.05, 0) is 31.4 Å². The molecule has 1 atom stereocenters. The Morgan fingerprint density at radius 2 is 1.72 bits per heavy atom. The zero-order chi connectivity index (χ0) is 20.5. The summed E-state index contributed by atoms with van der Waals surface area (Å²) in [4.78, 5) is 29.2. The number of nitrogens with zero attached hydrogens (tertiary/aromatic N) is 2. The number of nitrogens with one attached hydrogen (secondary N) is 3. The van der Waals surface area contributed by atoms with Crippen LogP contribution in [0.15, 0.2) is 30.3 Å². The van der Waals surface area contributed by atoms with Crippen molar-refractivity contribution in [2.45, 2.75) is 31.7 Å². The minimum Gasteiger partial charge on any atom is -0.346 e. The Labute approximate surface area is 174 Å². The Bertz CT molecular complexity index is 640. The van der Waals surface area contributed by atoms with Gasteiger partial charge in [-0.25, -0.2) is 4.79 Å². The van der Waals surface area contributed by atoms with Crippen LogP contribution >= 0.6 is 0 Å². The van der Waals surface area contributed by atoms with E-state index in [0.29, 0.717) is 12.5 Å². The van der Waals surface area contributed by atoms with Gasteiger partial charge in [0.1, 0.15) is 0 Å². The van der Waals surface area contributed by atoms with E-state index in [-0.39, 0.29) is 24.5 Å². The highest BCUT2D eigenvalue weighted by atomic mass is 16.2. The fourth-order valence-electron chi connectivity index (χ4n) is 4.13. The number of urea groups is 1. The lowest BCUT2D eigenvalue weighted by Crippen LogP contribution is -2.49. The first-order chi connectivity index (χ1) is 14.1. The van der Waals surface area contributed by atoms with Gasteiger partial charge in [0.25, 0.3) is 0 Å². The van der Waals surface area contributed by atoms with Crippen LogP contribution < -0.4 is 16.0 Å². The third kappa shape index (κ3) is 7.33. The van der Waals surface area contributed by atoms with E-state index in [1.54, 1.807) is 0 Å². The van der Waals surface area contributed by atoms with Crippen molar-refractivity contribution < 1.29 is 9.59 Å². The summed E-state index contributed by atoms with van der Waals surface area (Å²) in [5.41, 5.74) is 1.09. The first-order valence-electron chi connectivity index (χ1n) is 10.9. The number of benzene rings is 1. The molecule has 3 rings (SSSR count). The smallest absolute Gasteiger partial charge is 0.315 e. The largest absolute Gasteiger partial charge is 0.346 e. The second kappa shape index (κ2) is 11.2. The van der Waals surface area contributed by atoms with Gasteiger partial charge >= 0.3 is 6.03 Å². The van der Waals surface area contributed by atoms with Gasteiger partial charge in [-0.1, -0.05) is 43.2 Å². The molecule has 0 spiro atoms. The third-order valence-electron chi connectivity index (χ3n) is 6.01. The highest BCUT2D eigenvalue weighted by Crippen LogP contribution is 2.23. The van der Waals surface area contributed by atoms with Gasteiger partial charge in [-0.15, -0.1) is 0 Å². The van der Waals surface area contributed by atoms with Gasteiger partial charge in [0.05, 0.1) is 12.6 Å². The van der Waals surface area contributed by atoms with Gasteiger partial charge in [-0.2, -0.15) is 0 Å². The van der Waals surface area contributed by atoms with Gasteiger partial charge in [0.2, 0.25) is 5.91 Å². The number of piperazine rings is 1. The second-order valence-corrected chi connectivity index (χ2v) is 8.35. The van der Waals surface area contributed by atoms with E-state index in [0.717, 1.165) is 38.3 Å². The molecule has 29 heavy (non-hydrogen) atoms. The standard InChI is InChI=1S/C22H35N5O2/c1-26-11-13-27(14-12-26)17-20(19-9-3-2-4-10-19)25-21(28)16-24-22(29)23-15-18-7-5-6-8-18/h2-4,9-10,18,20H,5-8,11-17H2,1H3,(H,25,28)(H2,23,24,29). The monoisotopic (exact) mass is 401 g/mol. The van der Waals surface area contributed by atoms with Gasteiger partial charge in [-0.3, -0.25) is 9.69 Å². The molecule has 2 aliphatic rings. The number of hydrogen-bond donors (Lipinski definition) is 3. The summed E-state index contributed by atoms with van der Waals surface area (Å²) in [7, 11) is 2.14. The summed E-state index contributed by atoms with van der Waals surface area (Å²) >= 11 is 0. The van der Waals surface area contributed by atoms with Crippen molar-refractivity contribution in [1.29, 1.82) is 0 Å². The molecule has 1 saturated heterocycles. The van der Waals surface area contributed by atoms with Gasteiger partial charge in [0, 0.05) is 39.3 Å². The molecule has 3 N–H and O–H groups in total. The summed E-state index contributed by atoms with van der Waals surface area (Å²) in [6.45, 7) is 5.54. The number of likely N-dealkylation sites (N-methyl/N-ethyl adjacent to an activating group) is 1. The van der Waals surface area contributed by atoms with Crippen LogP contribution in [0.1, 0.15) is 37.3 Å². The average Bonchev–Trinajstić information content (AvgIpc) is 3.26. The van der Waals surface area contributed by atoms with Crippen molar-refractivity contribution in [3.05, 3.63) is 35.9 Å². The van der Waals surface area contributed by atoms with Crippen LogP contribution in [0, 0.1) is 5.92 Å². The van der Waals surface area contributed by atoms with Gasteiger partial charge in [0.15, 0.2) is 0 Å². The van der Waals surface area contributed by atoms with Crippen molar-refractivity contribution in [3.8, 4) is 0 Å². The van der Waals surface area contributed by atoms with Gasteiger partial charge < -0.3 is 20.9 Å². The van der Waals surface area contributed by atoms with Crippen molar-refractivity contribution in [3.63, 3.8) is 0 Å². The first kappa shape index (κ1) is 21.6. The highest BCUT2D eigenvalue weighted by Gasteiger charge is 2.21. The molecule has 0 radical (unpaired) electrons. The molecule has 1 saturated carbocycles. The van der Waals surface area contributed by atoms with E-state index in [2.05, 4.69) is 32.8 Å². The SMILES string of the molecule is CN1CCN(CC(NC(=O)CNC(=O)NCC2CCCC2)c2ccccc2)CC1. The Morgan fingerprint density at radius 1 is 1.03 bits per heavy atom. The average molecular weight is 402 g/mol. The zero-order valence-corrected chi connectivity index (χ0v) is 17.5. The van der Waals surface area contributed by atoms with Crippen LogP contribution in [0.2, 0.25) is 0 Å². The van der Waals surface area contributed by atoms with Crippen molar-refractivity contribution >= 4 is 11.9 Å². The Morgan fingerprint density at radius 3 is 2.41 bits per heavy atom. The first-order valence-corrected chi connectivity index (χ1v) is 10.9. The van der Waals surface area contributed by atoms with E-state index >= 15 is 0 Å². The molecular formula is C22H35N5O2. The summed E-state index contributed by atoms with van der Waals surface area (Å²) in [5.74, 6) is 0.421. The van der Waals surface area contributed by atoms with E-state index in [9.17, 15) is 9.59 Å².